The number of fused-ring (bicyclic) bond motifs is 3. The molecule has 0 aliphatic heterocycles. The Labute approximate surface area is 141 Å². The van der Waals surface area contributed by atoms with E-state index in [9.17, 15) is 0 Å². The third kappa shape index (κ3) is 2.30. The summed E-state index contributed by atoms with van der Waals surface area (Å²) in [5.74, 6) is 0. The number of hydrogen-bond acceptors (Lipinski definition) is 4. The van der Waals surface area contributed by atoms with E-state index in [2.05, 4.69) is 38.1 Å². The fourth-order valence-corrected chi connectivity index (χ4v) is 6.72. The molecule has 0 saturated carbocycles. The SMILES string of the molecule is C=CSc1c(C=C)sc2c1ccc1c(SC)c(C=C)sc12. The lowest BCUT2D eigenvalue weighted by Crippen LogP contribution is -1.72. The van der Waals surface area contributed by atoms with Crippen molar-refractivity contribution in [1.82, 2.24) is 0 Å². The molecule has 0 unspecified atom stereocenters. The van der Waals surface area contributed by atoms with Gasteiger partial charge in [0.05, 0.1) is 9.40 Å². The van der Waals surface area contributed by atoms with Crippen molar-refractivity contribution in [2.24, 2.45) is 0 Å². The van der Waals surface area contributed by atoms with Crippen molar-refractivity contribution in [2.45, 2.75) is 9.79 Å². The Morgan fingerprint density at radius 3 is 1.90 bits per heavy atom. The second-order valence-electron chi connectivity index (χ2n) is 4.31. The van der Waals surface area contributed by atoms with Crippen LogP contribution in [0.1, 0.15) is 9.75 Å². The predicted molar refractivity (Wildman–Crippen MR) is 105 cm³/mol. The Balaban J connectivity index is 2.43. The highest BCUT2D eigenvalue weighted by Gasteiger charge is 2.17. The standard InChI is InChI=1S/C17H14S4/c1-5-12-14(18-4)10-8-9-11-15(19-7-3)13(6-2)21-17(11)16(10)20-12/h5-9H,1-3H2,4H3. The van der Waals surface area contributed by atoms with Crippen LogP contribution in [0.4, 0.5) is 0 Å². The Bertz CT molecular complexity index is 864. The van der Waals surface area contributed by atoms with E-state index in [0.29, 0.717) is 0 Å². The van der Waals surface area contributed by atoms with Gasteiger partial charge in [0.1, 0.15) is 0 Å². The molecule has 3 aromatic rings. The molecule has 0 bridgehead atoms. The first kappa shape index (κ1) is 15.0. The zero-order chi connectivity index (χ0) is 15.0. The molecular weight excluding hydrogens is 332 g/mol. The fraction of sp³-hybridized carbons (Fsp3) is 0.0588. The zero-order valence-corrected chi connectivity index (χ0v) is 14.9. The number of rotatable bonds is 5. The highest BCUT2D eigenvalue weighted by molar-refractivity contribution is 8.02. The van der Waals surface area contributed by atoms with Gasteiger partial charge in [-0.1, -0.05) is 55.8 Å². The highest BCUT2D eigenvalue weighted by atomic mass is 32.2. The Morgan fingerprint density at radius 1 is 0.905 bits per heavy atom. The smallest absolute Gasteiger partial charge is 0.0539 e. The van der Waals surface area contributed by atoms with Crippen LogP contribution < -0.4 is 0 Å². The molecule has 0 nitrogen and oxygen atoms in total. The molecule has 21 heavy (non-hydrogen) atoms. The largest absolute Gasteiger partial charge is 0.133 e. The molecule has 1 aromatic carbocycles. The Morgan fingerprint density at radius 2 is 1.43 bits per heavy atom. The summed E-state index contributed by atoms with van der Waals surface area (Å²) in [4.78, 5) is 5.08. The Kier molecular flexibility index (Phi) is 4.31. The van der Waals surface area contributed by atoms with Crippen molar-refractivity contribution in [1.29, 1.82) is 0 Å². The van der Waals surface area contributed by atoms with Gasteiger partial charge in [-0.3, -0.25) is 0 Å². The van der Waals surface area contributed by atoms with E-state index in [1.54, 1.807) is 23.5 Å². The van der Waals surface area contributed by atoms with Gasteiger partial charge >= 0.3 is 0 Å². The van der Waals surface area contributed by atoms with Gasteiger partial charge in [-0.2, -0.15) is 0 Å². The predicted octanol–water partition coefficient (Wildman–Crippen LogP) is 7.36. The summed E-state index contributed by atoms with van der Waals surface area (Å²) in [6, 6.07) is 4.46. The van der Waals surface area contributed by atoms with E-state index in [1.165, 1.54) is 39.7 Å². The first-order valence-corrected chi connectivity index (χ1v) is 10.1. The molecule has 0 aliphatic rings. The van der Waals surface area contributed by atoms with E-state index in [1.807, 2.05) is 40.2 Å². The normalized spacial score (nSPS) is 11.1. The average molecular weight is 347 g/mol. The van der Waals surface area contributed by atoms with Gasteiger partial charge in [-0.15, -0.1) is 34.4 Å². The van der Waals surface area contributed by atoms with Crippen LogP contribution in [0.3, 0.4) is 0 Å². The summed E-state index contributed by atoms with van der Waals surface area (Å²) in [6.45, 7) is 11.7. The molecule has 0 fully saturated rings. The van der Waals surface area contributed by atoms with Crippen molar-refractivity contribution < 1.29 is 0 Å². The summed E-state index contributed by atoms with van der Waals surface area (Å²) >= 11 is 7.12. The maximum Gasteiger partial charge on any atom is 0.0539 e. The quantitative estimate of drug-likeness (QED) is 0.443. The highest BCUT2D eigenvalue weighted by Crippen LogP contribution is 2.47. The summed E-state index contributed by atoms with van der Waals surface area (Å²) in [5, 5.41) is 4.52. The van der Waals surface area contributed by atoms with Crippen LogP contribution >= 0.6 is 46.2 Å². The topological polar surface area (TPSA) is 0 Å². The second-order valence-corrected chi connectivity index (χ2v) is 8.20. The summed E-state index contributed by atoms with van der Waals surface area (Å²) in [7, 11) is 0. The van der Waals surface area contributed by atoms with Crippen molar-refractivity contribution >= 4 is 78.5 Å². The van der Waals surface area contributed by atoms with Crippen LogP contribution in [-0.4, -0.2) is 6.26 Å². The number of thiophene rings is 2. The average Bonchev–Trinajstić information content (AvgIpc) is 3.04. The number of thioether (sulfide) groups is 2. The lowest BCUT2D eigenvalue weighted by molar-refractivity contribution is 1.61. The third-order valence-corrected chi connectivity index (χ3v) is 7.76. The van der Waals surface area contributed by atoms with Gasteiger partial charge in [-0.25, -0.2) is 0 Å². The minimum Gasteiger partial charge on any atom is -0.133 e. The minimum absolute atomic E-state index is 1.22. The summed E-state index contributed by atoms with van der Waals surface area (Å²) in [5.41, 5.74) is 0. The zero-order valence-electron chi connectivity index (χ0n) is 11.6. The molecule has 0 saturated heterocycles. The molecule has 0 atom stereocenters. The van der Waals surface area contributed by atoms with E-state index >= 15 is 0 Å². The van der Waals surface area contributed by atoms with Crippen LogP contribution in [0.2, 0.25) is 0 Å². The van der Waals surface area contributed by atoms with Gasteiger partial charge < -0.3 is 0 Å². The lowest BCUT2D eigenvalue weighted by atomic mass is 10.2. The maximum atomic E-state index is 3.95. The lowest BCUT2D eigenvalue weighted by Gasteiger charge is -1.98. The van der Waals surface area contributed by atoms with Crippen LogP contribution in [-0.2, 0) is 0 Å². The summed E-state index contributed by atoms with van der Waals surface area (Å²) < 4.78 is 2.70. The van der Waals surface area contributed by atoms with Gasteiger partial charge in [0.15, 0.2) is 0 Å². The van der Waals surface area contributed by atoms with E-state index in [0.717, 1.165) is 0 Å². The molecule has 0 radical (unpaired) electrons. The first-order chi connectivity index (χ1) is 10.2. The van der Waals surface area contributed by atoms with Crippen LogP contribution in [0.25, 0.3) is 32.3 Å². The van der Waals surface area contributed by atoms with E-state index in [-0.39, 0.29) is 0 Å². The second kappa shape index (κ2) is 6.05. The van der Waals surface area contributed by atoms with Gasteiger partial charge in [0.25, 0.3) is 0 Å². The van der Waals surface area contributed by atoms with Crippen molar-refractivity contribution in [3.05, 3.63) is 47.0 Å². The van der Waals surface area contributed by atoms with Crippen LogP contribution in [0, 0.1) is 0 Å². The first-order valence-electron chi connectivity index (χ1n) is 6.33. The van der Waals surface area contributed by atoms with E-state index < -0.39 is 0 Å². The Hall–Kier alpha value is -0.940. The molecule has 2 heterocycles. The molecule has 0 spiro atoms. The molecular formula is C17H14S4. The van der Waals surface area contributed by atoms with Gasteiger partial charge in [-0.05, 0) is 11.7 Å². The molecule has 0 aliphatic carbocycles. The minimum atomic E-state index is 1.22. The van der Waals surface area contributed by atoms with Crippen molar-refractivity contribution in [3.8, 4) is 0 Å². The third-order valence-electron chi connectivity index (χ3n) is 3.25. The fourth-order valence-electron chi connectivity index (χ4n) is 2.39. The molecule has 3 rings (SSSR count). The molecule has 2 aromatic heterocycles. The maximum absolute atomic E-state index is 3.95. The number of benzene rings is 1. The van der Waals surface area contributed by atoms with Crippen molar-refractivity contribution in [2.75, 3.05) is 6.26 Å². The summed E-state index contributed by atoms with van der Waals surface area (Å²) in [6.07, 6.45) is 6.03. The van der Waals surface area contributed by atoms with Crippen molar-refractivity contribution in [3.63, 3.8) is 0 Å². The molecule has 4 heteroatoms. The number of hydrogen-bond donors (Lipinski definition) is 0. The molecule has 0 amide bonds. The van der Waals surface area contributed by atoms with Crippen LogP contribution in [0.5, 0.6) is 0 Å². The van der Waals surface area contributed by atoms with Gasteiger partial charge in [0.2, 0.25) is 0 Å². The molecule has 0 N–H and O–H groups in total. The van der Waals surface area contributed by atoms with E-state index in [4.69, 9.17) is 0 Å². The molecule has 106 valence electrons. The van der Waals surface area contributed by atoms with Crippen LogP contribution in [0.15, 0.2) is 47.1 Å². The monoisotopic (exact) mass is 346 g/mol. The van der Waals surface area contributed by atoms with Gasteiger partial charge in [0, 0.05) is 30.3 Å².